The molecule has 3 aliphatic rings. The van der Waals surface area contributed by atoms with Crippen molar-refractivity contribution < 1.29 is 9.47 Å². The molecule has 0 saturated heterocycles. The smallest absolute Gasteiger partial charge is 0.131 e. The summed E-state index contributed by atoms with van der Waals surface area (Å²) >= 11 is 0. The topological polar surface area (TPSA) is 21.7 Å². The number of ether oxygens (including phenoxy) is 2. The van der Waals surface area contributed by atoms with E-state index in [4.69, 9.17) is 9.47 Å². The van der Waals surface area contributed by atoms with Crippen LogP contribution in [0, 0.1) is 0 Å². The highest BCUT2D eigenvalue weighted by Crippen LogP contribution is 2.50. The summed E-state index contributed by atoms with van der Waals surface area (Å²) in [5.41, 5.74) is 7.53. The molecule has 0 unspecified atom stereocenters. The zero-order valence-corrected chi connectivity index (χ0v) is 17.1. The van der Waals surface area contributed by atoms with E-state index >= 15 is 0 Å². The van der Waals surface area contributed by atoms with E-state index in [1.165, 1.54) is 34.4 Å². The lowest BCUT2D eigenvalue weighted by molar-refractivity contribution is 0.299. The summed E-state index contributed by atoms with van der Waals surface area (Å²) in [4.78, 5) is 2.59. The Morgan fingerprint density at radius 1 is 1.14 bits per heavy atom. The van der Waals surface area contributed by atoms with E-state index in [1.807, 2.05) is 18.2 Å². The molecule has 3 heteroatoms. The number of hydrogen-bond donors (Lipinski definition) is 0. The van der Waals surface area contributed by atoms with Crippen molar-refractivity contribution in [3.8, 4) is 22.6 Å². The number of fused-ring (bicyclic) bond motifs is 5. The Hall–Kier alpha value is -2.68. The molecule has 0 spiro atoms. The van der Waals surface area contributed by atoms with Crippen LogP contribution in [0.5, 0.6) is 11.5 Å². The van der Waals surface area contributed by atoms with Crippen LogP contribution in [-0.2, 0) is 6.61 Å². The molecule has 1 aliphatic carbocycles. The second-order valence-electron chi connectivity index (χ2n) is 8.53. The highest BCUT2D eigenvalue weighted by molar-refractivity contribution is 5.91. The number of rotatable bonds is 2. The minimum Gasteiger partial charge on any atom is -0.496 e. The van der Waals surface area contributed by atoms with Gasteiger partial charge in [0.1, 0.15) is 18.1 Å². The first kappa shape index (κ1) is 17.4. The Labute approximate surface area is 167 Å². The van der Waals surface area contributed by atoms with E-state index in [-0.39, 0.29) is 5.54 Å². The van der Waals surface area contributed by atoms with Crippen molar-refractivity contribution in [3.63, 3.8) is 0 Å². The van der Waals surface area contributed by atoms with E-state index in [0.29, 0.717) is 12.6 Å². The van der Waals surface area contributed by atoms with Gasteiger partial charge in [-0.25, -0.2) is 0 Å². The van der Waals surface area contributed by atoms with Gasteiger partial charge in [0.05, 0.1) is 18.2 Å². The van der Waals surface area contributed by atoms with Crippen molar-refractivity contribution >= 4 is 11.3 Å². The number of benzene rings is 2. The molecule has 0 radical (unpaired) electrons. The van der Waals surface area contributed by atoms with Gasteiger partial charge in [0, 0.05) is 22.9 Å². The number of methoxy groups -OCH3 is 1. The SMILES string of the molecule is COc1cccc2c1-c1ccc3c(c1CO2)C(C)=CC(C)(C)N3[C@@H]1C=CCC1. The molecule has 0 N–H and O–H groups in total. The summed E-state index contributed by atoms with van der Waals surface area (Å²) in [6.07, 6.45) is 9.44. The third-order valence-electron chi connectivity index (χ3n) is 6.30. The molecule has 28 heavy (non-hydrogen) atoms. The normalized spacial score (nSPS) is 21.4. The Bertz CT molecular complexity index is 1000. The van der Waals surface area contributed by atoms with Gasteiger partial charge in [-0.15, -0.1) is 0 Å². The fraction of sp³-hybridized carbons (Fsp3) is 0.360. The maximum atomic E-state index is 6.18. The third kappa shape index (κ3) is 2.42. The molecule has 1 atom stereocenters. The first-order valence-electron chi connectivity index (χ1n) is 10.1. The summed E-state index contributed by atoms with van der Waals surface area (Å²) in [5.74, 6) is 1.77. The van der Waals surface area contributed by atoms with Gasteiger partial charge in [-0.3, -0.25) is 0 Å². The van der Waals surface area contributed by atoms with Crippen LogP contribution in [0.1, 0.15) is 44.7 Å². The quantitative estimate of drug-likeness (QED) is 0.605. The van der Waals surface area contributed by atoms with Gasteiger partial charge >= 0.3 is 0 Å². The first-order chi connectivity index (χ1) is 13.5. The zero-order chi connectivity index (χ0) is 19.5. The maximum absolute atomic E-state index is 6.18. The summed E-state index contributed by atoms with van der Waals surface area (Å²) in [6, 6.07) is 11.0. The van der Waals surface area contributed by atoms with Crippen molar-refractivity contribution in [3.05, 3.63) is 59.7 Å². The van der Waals surface area contributed by atoms with E-state index in [2.05, 4.69) is 56.0 Å². The molecular formula is C25H27NO2. The van der Waals surface area contributed by atoms with Crippen LogP contribution in [0.3, 0.4) is 0 Å². The number of hydrogen-bond acceptors (Lipinski definition) is 3. The van der Waals surface area contributed by atoms with E-state index in [0.717, 1.165) is 23.5 Å². The Morgan fingerprint density at radius 2 is 2.00 bits per heavy atom. The van der Waals surface area contributed by atoms with Crippen molar-refractivity contribution in [2.24, 2.45) is 0 Å². The maximum Gasteiger partial charge on any atom is 0.131 e. The fourth-order valence-corrected chi connectivity index (χ4v) is 5.30. The predicted molar refractivity (Wildman–Crippen MR) is 115 cm³/mol. The second-order valence-corrected chi connectivity index (χ2v) is 8.53. The monoisotopic (exact) mass is 373 g/mol. The molecule has 0 saturated carbocycles. The van der Waals surface area contributed by atoms with Crippen LogP contribution in [0.15, 0.2) is 48.6 Å². The Kier molecular flexibility index (Phi) is 3.84. The lowest BCUT2D eigenvalue weighted by atomic mass is 9.82. The van der Waals surface area contributed by atoms with Gasteiger partial charge < -0.3 is 14.4 Å². The molecule has 3 nitrogen and oxygen atoms in total. The lowest BCUT2D eigenvalue weighted by Gasteiger charge is -2.47. The van der Waals surface area contributed by atoms with E-state index in [9.17, 15) is 0 Å². The minimum atomic E-state index is -0.0181. The molecule has 144 valence electrons. The van der Waals surface area contributed by atoms with Crippen molar-refractivity contribution in [1.29, 1.82) is 0 Å². The minimum absolute atomic E-state index is 0.0181. The molecule has 2 aromatic rings. The van der Waals surface area contributed by atoms with Crippen LogP contribution in [0.2, 0.25) is 0 Å². The molecule has 0 aromatic heterocycles. The fourth-order valence-electron chi connectivity index (χ4n) is 5.30. The third-order valence-corrected chi connectivity index (χ3v) is 6.30. The molecule has 5 rings (SSSR count). The van der Waals surface area contributed by atoms with Gasteiger partial charge in [0.15, 0.2) is 0 Å². The number of allylic oxidation sites excluding steroid dienone is 2. The second kappa shape index (κ2) is 6.16. The van der Waals surface area contributed by atoms with Crippen LogP contribution in [0.4, 0.5) is 5.69 Å². The highest BCUT2D eigenvalue weighted by Gasteiger charge is 2.38. The van der Waals surface area contributed by atoms with Crippen LogP contribution >= 0.6 is 0 Å². The van der Waals surface area contributed by atoms with Crippen molar-refractivity contribution in [2.45, 2.75) is 51.8 Å². The zero-order valence-electron chi connectivity index (χ0n) is 17.1. The average Bonchev–Trinajstić information content (AvgIpc) is 3.19. The van der Waals surface area contributed by atoms with E-state index < -0.39 is 0 Å². The largest absolute Gasteiger partial charge is 0.496 e. The highest BCUT2D eigenvalue weighted by atomic mass is 16.5. The molecular weight excluding hydrogens is 346 g/mol. The number of anilines is 1. The van der Waals surface area contributed by atoms with Gasteiger partial charge in [-0.2, -0.15) is 0 Å². The standard InChI is InChI=1S/C25H27NO2/c1-16-14-25(2,3)26(17-8-5-6-9-17)20-13-12-18-19(23(16)20)15-28-22-11-7-10-21(27-4)24(18)22/h5,7-8,10-14,17H,6,9,15H2,1-4H3/t17-/m1/s1. The van der Waals surface area contributed by atoms with Crippen LogP contribution in [0.25, 0.3) is 16.7 Å². The molecule has 2 aromatic carbocycles. The van der Waals surface area contributed by atoms with Gasteiger partial charge in [0.25, 0.3) is 0 Å². The Balaban J connectivity index is 1.75. The van der Waals surface area contributed by atoms with Crippen LogP contribution < -0.4 is 14.4 Å². The number of nitrogens with zero attached hydrogens (tertiary/aromatic N) is 1. The summed E-state index contributed by atoms with van der Waals surface area (Å²) in [7, 11) is 1.73. The van der Waals surface area contributed by atoms with Crippen LogP contribution in [-0.4, -0.2) is 18.7 Å². The van der Waals surface area contributed by atoms with E-state index in [1.54, 1.807) is 7.11 Å². The molecule has 0 fully saturated rings. The Morgan fingerprint density at radius 3 is 2.75 bits per heavy atom. The molecule has 2 aliphatic heterocycles. The average molecular weight is 373 g/mol. The lowest BCUT2D eigenvalue weighted by Crippen LogP contribution is -2.50. The summed E-state index contributed by atoms with van der Waals surface area (Å²) < 4.78 is 11.8. The summed E-state index contributed by atoms with van der Waals surface area (Å²) in [5, 5.41) is 0. The summed E-state index contributed by atoms with van der Waals surface area (Å²) in [6.45, 7) is 7.47. The molecule has 0 bridgehead atoms. The first-order valence-corrected chi connectivity index (χ1v) is 10.1. The molecule has 2 heterocycles. The van der Waals surface area contributed by atoms with Gasteiger partial charge in [0.2, 0.25) is 0 Å². The van der Waals surface area contributed by atoms with Gasteiger partial charge in [-0.1, -0.05) is 30.4 Å². The molecule has 0 amide bonds. The van der Waals surface area contributed by atoms with Crippen molar-refractivity contribution in [2.75, 3.05) is 12.0 Å². The predicted octanol–water partition coefficient (Wildman–Crippen LogP) is 5.98. The van der Waals surface area contributed by atoms with Gasteiger partial charge in [-0.05, 0) is 62.9 Å². The van der Waals surface area contributed by atoms with Crippen molar-refractivity contribution in [1.82, 2.24) is 0 Å².